The van der Waals surface area contributed by atoms with Gasteiger partial charge in [0.15, 0.2) is 0 Å². The van der Waals surface area contributed by atoms with Crippen molar-refractivity contribution in [3.05, 3.63) is 27.9 Å². The van der Waals surface area contributed by atoms with Gasteiger partial charge < -0.3 is 10.1 Å². The molecule has 0 unspecified atom stereocenters. The number of nitriles is 1. The topological polar surface area (TPSA) is 118 Å². The molecule has 0 aliphatic heterocycles. The van der Waals surface area contributed by atoms with Gasteiger partial charge in [0.1, 0.15) is 18.2 Å². The summed E-state index contributed by atoms with van der Waals surface area (Å²) >= 11 is 0. The van der Waals surface area contributed by atoms with Gasteiger partial charge in [-0.05, 0) is 13.0 Å². The van der Waals surface area contributed by atoms with E-state index in [4.69, 9.17) is 5.26 Å². The zero-order chi connectivity index (χ0) is 13.5. The van der Waals surface area contributed by atoms with Gasteiger partial charge in [-0.3, -0.25) is 14.9 Å². The first-order valence-corrected chi connectivity index (χ1v) is 5.03. The van der Waals surface area contributed by atoms with Crippen LogP contribution in [0.4, 0.5) is 11.5 Å². The van der Waals surface area contributed by atoms with Gasteiger partial charge in [-0.25, -0.2) is 4.98 Å². The monoisotopic (exact) mass is 250 g/mol. The highest BCUT2D eigenvalue weighted by Crippen LogP contribution is 2.25. The van der Waals surface area contributed by atoms with Crippen LogP contribution in [-0.2, 0) is 9.53 Å². The molecule has 0 amide bonds. The number of anilines is 1. The number of carbonyl (C=O) groups is 1. The average Bonchev–Trinajstić information content (AvgIpc) is 2.35. The molecule has 1 rings (SSSR count). The molecule has 1 heterocycles. The van der Waals surface area contributed by atoms with E-state index in [1.165, 1.54) is 12.3 Å². The molecule has 8 heteroatoms. The second-order valence-electron chi connectivity index (χ2n) is 3.08. The van der Waals surface area contributed by atoms with Crippen molar-refractivity contribution >= 4 is 17.5 Å². The Labute approximate surface area is 102 Å². The molecule has 0 radical (unpaired) electrons. The molecule has 1 N–H and O–H groups in total. The van der Waals surface area contributed by atoms with Crippen LogP contribution >= 0.6 is 0 Å². The lowest BCUT2D eigenvalue weighted by Gasteiger charge is -2.06. The number of ether oxygens (including phenoxy) is 1. The van der Waals surface area contributed by atoms with E-state index in [2.05, 4.69) is 15.0 Å². The number of nitrogens with zero attached hydrogens (tertiary/aromatic N) is 3. The summed E-state index contributed by atoms with van der Waals surface area (Å²) in [5.74, 6) is -0.692. The Morgan fingerprint density at radius 1 is 1.72 bits per heavy atom. The van der Waals surface area contributed by atoms with Crippen molar-refractivity contribution < 1.29 is 14.5 Å². The molecule has 0 fully saturated rings. The van der Waals surface area contributed by atoms with E-state index in [-0.39, 0.29) is 24.5 Å². The Hall–Kier alpha value is -2.69. The lowest BCUT2D eigenvalue weighted by Crippen LogP contribution is -2.18. The predicted molar refractivity (Wildman–Crippen MR) is 60.7 cm³/mol. The first-order valence-electron chi connectivity index (χ1n) is 5.03. The minimum atomic E-state index is -0.723. The lowest BCUT2D eigenvalue weighted by molar-refractivity contribution is -0.384. The molecule has 0 bridgehead atoms. The summed E-state index contributed by atoms with van der Waals surface area (Å²) in [6.45, 7) is 1.61. The van der Waals surface area contributed by atoms with Gasteiger partial charge in [-0.2, -0.15) is 5.26 Å². The zero-order valence-electron chi connectivity index (χ0n) is 9.54. The lowest BCUT2D eigenvalue weighted by atomic mass is 10.2. The fourth-order valence-electron chi connectivity index (χ4n) is 1.23. The van der Waals surface area contributed by atoms with Gasteiger partial charge in [-0.1, -0.05) is 0 Å². The van der Waals surface area contributed by atoms with Gasteiger partial charge in [-0.15, -0.1) is 0 Å². The number of nitro groups is 1. The number of aromatic nitrogens is 1. The average molecular weight is 250 g/mol. The van der Waals surface area contributed by atoms with Crippen LogP contribution in [0.15, 0.2) is 12.3 Å². The van der Waals surface area contributed by atoms with Gasteiger partial charge in [0.05, 0.1) is 11.5 Å². The molecular formula is C10H10N4O4. The number of hydrogen-bond donors (Lipinski definition) is 1. The van der Waals surface area contributed by atoms with Crippen LogP contribution in [-0.4, -0.2) is 29.0 Å². The number of nitrogens with one attached hydrogen (secondary N) is 1. The van der Waals surface area contributed by atoms with E-state index in [0.717, 1.165) is 0 Å². The quantitative estimate of drug-likeness (QED) is 0.467. The first kappa shape index (κ1) is 13.4. The van der Waals surface area contributed by atoms with E-state index in [1.54, 1.807) is 13.0 Å². The van der Waals surface area contributed by atoms with Crippen LogP contribution in [0.2, 0.25) is 0 Å². The van der Waals surface area contributed by atoms with Crippen molar-refractivity contribution in [3.8, 4) is 6.07 Å². The van der Waals surface area contributed by atoms with Crippen molar-refractivity contribution in [1.82, 2.24) is 4.98 Å². The highest BCUT2D eigenvalue weighted by atomic mass is 16.6. The summed E-state index contributed by atoms with van der Waals surface area (Å²) in [4.78, 5) is 24.9. The van der Waals surface area contributed by atoms with Crippen LogP contribution in [0.5, 0.6) is 0 Å². The van der Waals surface area contributed by atoms with Crippen molar-refractivity contribution in [2.75, 3.05) is 18.5 Å². The number of rotatable bonds is 5. The normalized spacial score (nSPS) is 9.33. The van der Waals surface area contributed by atoms with Crippen LogP contribution in [0.1, 0.15) is 12.5 Å². The summed E-state index contributed by atoms with van der Waals surface area (Å²) < 4.78 is 4.66. The first-order chi connectivity index (χ1) is 8.60. The summed E-state index contributed by atoms with van der Waals surface area (Å²) in [6, 6.07) is 2.92. The van der Waals surface area contributed by atoms with Crippen LogP contribution in [0.25, 0.3) is 0 Å². The maximum Gasteiger partial charge on any atom is 0.328 e. The number of pyridine rings is 1. The van der Waals surface area contributed by atoms with Crippen LogP contribution in [0.3, 0.4) is 0 Å². The molecule has 94 valence electrons. The summed E-state index contributed by atoms with van der Waals surface area (Å²) in [6.07, 6.45) is 1.25. The predicted octanol–water partition coefficient (Wildman–Crippen LogP) is 0.836. The Kier molecular flexibility index (Phi) is 4.57. The molecule has 0 saturated heterocycles. The highest BCUT2D eigenvalue weighted by molar-refractivity contribution is 5.76. The third kappa shape index (κ3) is 3.15. The number of carbonyl (C=O) groups excluding carboxylic acids is 1. The van der Waals surface area contributed by atoms with Gasteiger partial charge in [0, 0.05) is 6.20 Å². The van der Waals surface area contributed by atoms with Gasteiger partial charge >= 0.3 is 11.7 Å². The second kappa shape index (κ2) is 6.15. The molecule has 1 aromatic rings. The van der Waals surface area contributed by atoms with E-state index in [9.17, 15) is 14.9 Å². The fraction of sp³-hybridized carbons (Fsp3) is 0.300. The third-order valence-electron chi connectivity index (χ3n) is 1.93. The molecule has 1 aromatic heterocycles. The van der Waals surface area contributed by atoms with Crippen molar-refractivity contribution in [3.63, 3.8) is 0 Å². The molecule has 0 aromatic carbocycles. The summed E-state index contributed by atoms with van der Waals surface area (Å²) in [7, 11) is 0. The minimum absolute atomic E-state index is 0.124. The number of hydrogen-bond acceptors (Lipinski definition) is 7. The summed E-state index contributed by atoms with van der Waals surface area (Å²) in [5, 5.41) is 22.1. The SMILES string of the molecule is CCOC(=O)CNc1nccc(C#N)c1[N+](=O)[O-]. The molecule has 18 heavy (non-hydrogen) atoms. The maximum atomic E-state index is 11.1. The molecule has 8 nitrogen and oxygen atoms in total. The van der Waals surface area contributed by atoms with Gasteiger partial charge in [0.25, 0.3) is 0 Å². The third-order valence-corrected chi connectivity index (χ3v) is 1.93. The van der Waals surface area contributed by atoms with E-state index in [0.29, 0.717) is 0 Å². The zero-order valence-corrected chi connectivity index (χ0v) is 9.54. The molecule has 0 atom stereocenters. The van der Waals surface area contributed by atoms with Crippen molar-refractivity contribution in [2.24, 2.45) is 0 Å². The molecular weight excluding hydrogens is 240 g/mol. The fourth-order valence-corrected chi connectivity index (χ4v) is 1.23. The Morgan fingerprint density at radius 2 is 2.44 bits per heavy atom. The van der Waals surface area contributed by atoms with E-state index >= 15 is 0 Å². The van der Waals surface area contributed by atoms with E-state index in [1.807, 2.05) is 0 Å². The Balaban J connectivity index is 2.92. The molecule has 0 spiro atoms. The molecule has 0 aliphatic rings. The minimum Gasteiger partial charge on any atom is -0.465 e. The number of esters is 1. The van der Waals surface area contributed by atoms with Gasteiger partial charge in [0.2, 0.25) is 5.82 Å². The Morgan fingerprint density at radius 3 is 3.00 bits per heavy atom. The van der Waals surface area contributed by atoms with Crippen LogP contribution < -0.4 is 5.32 Å². The standard InChI is InChI=1S/C10H10N4O4/c1-2-18-8(15)6-13-10-9(14(16)17)7(5-11)3-4-12-10/h3-4H,2,6H2,1H3,(H,12,13). The largest absolute Gasteiger partial charge is 0.465 e. The highest BCUT2D eigenvalue weighted by Gasteiger charge is 2.21. The van der Waals surface area contributed by atoms with E-state index < -0.39 is 16.6 Å². The Bertz CT molecular complexity index is 509. The van der Waals surface area contributed by atoms with Crippen molar-refractivity contribution in [1.29, 1.82) is 5.26 Å². The van der Waals surface area contributed by atoms with Crippen LogP contribution in [0, 0.1) is 21.4 Å². The second-order valence-corrected chi connectivity index (χ2v) is 3.08. The summed E-state index contributed by atoms with van der Waals surface area (Å²) in [5.41, 5.74) is -0.578. The molecule has 0 saturated carbocycles. The van der Waals surface area contributed by atoms with Crippen molar-refractivity contribution in [2.45, 2.75) is 6.92 Å². The maximum absolute atomic E-state index is 11.1. The smallest absolute Gasteiger partial charge is 0.328 e. The molecule has 0 aliphatic carbocycles.